The SMILES string of the molecule is N#CC1=C(/N=C2\CC(c3ccc(Cl)cc3)N(c3ccc(Cl)cc3)N2)NC2C(=O)c3ccccc3C(=O)C2=C1N. The third-order valence-corrected chi connectivity index (χ3v) is 7.48. The van der Waals surface area contributed by atoms with Crippen LogP contribution in [0.2, 0.25) is 10.0 Å². The average Bonchev–Trinajstić information content (AvgIpc) is 3.36. The van der Waals surface area contributed by atoms with Crippen molar-refractivity contribution in [3.05, 3.63) is 122 Å². The largest absolute Gasteiger partial charge is 0.397 e. The van der Waals surface area contributed by atoms with Crippen LogP contribution in [0.25, 0.3) is 0 Å². The standard InChI is InChI=1S/C29H20Cl2N6O2/c30-16-7-5-15(6-8-16)22-13-23(36-37(22)18-11-9-17(31)10-12-18)34-29-21(14-32)25(33)24-26(35-29)28(39)20-4-2-1-3-19(20)27(24)38/h1-12,22,26,35H,13,33H2,(H,34,36). The van der Waals surface area contributed by atoms with Gasteiger partial charge >= 0.3 is 0 Å². The van der Waals surface area contributed by atoms with Crippen molar-refractivity contribution < 1.29 is 9.59 Å². The van der Waals surface area contributed by atoms with Crippen LogP contribution in [0.4, 0.5) is 5.69 Å². The van der Waals surface area contributed by atoms with Gasteiger partial charge in [-0.15, -0.1) is 0 Å². The molecule has 1 fully saturated rings. The number of Topliss-reactive ketones (excluding diaryl/α,β-unsaturated/α-hetero) is 2. The molecule has 4 N–H and O–H groups in total. The maximum atomic E-state index is 13.3. The number of nitrogens with two attached hydrogens (primary N) is 1. The molecule has 2 atom stereocenters. The van der Waals surface area contributed by atoms with Crippen molar-refractivity contribution in [1.29, 1.82) is 5.26 Å². The second-order valence-electron chi connectivity index (χ2n) is 9.27. The number of nitriles is 1. The highest BCUT2D eigenvalue weighted by Gasteiger charge is 2.43. The van der Waals surface area contributed by atoms with Gasteiger partial charge < -0.3 is 11.1 Å². The van der Waals surface area contributed by atoms with Crippen molar-refractivity contribution >= 4 is 46.3 Å². The van der Waals surface area contributed by atoms with E-state index >= 15 is 0 Å². The molecule has 3 aromatic rings. The number of nitrogens with zero attached hydrogens (tertiary/aromatic N) is 3. The van der Waals surface area contributed by atoms with Gasteiger partial charge in [-0.1, -0.05) is 59.6 Å². The van der Waals surface area contributed by atoms with Crippen molar-refractivity contribution in [2.45, 2.75) is 18.5 Å². The summed E-state index contributed by atoms with van der Waals surface area (Å²) in [5, 5.41) is 16.2. The van der Waals surface area contributed by atoms with Gasteiger partial charge in [-0.25, -0.2) is 4.99 Å². The number of dihydropyridines is 1. The fourth-order valence-electron chi connectivity index (χ4n) is 5.09. The molecule has 0 radical (unpaired) electrons. The highest BCUT2D eigenvalue weighted by molar-refractivity contribution is 6.31. The molecule has 39 heavy (non-hydrogen) atoms. The second kappa shape index (κ2) is 9.62. The molecule has 0 amide bonds. The molecule has 8 nitrogen and oxygen atoms in total. The molecule has 2 aliphatic heterocycles. The Morgan fingerprint density at radius 2 is 1.59 bits per heavy atom. The Morgan fingerprint density at radius 3 is 2.26 bits per heavy atom. The van der Waals surface area contributed by atoms with Crippen molar-refractivity contribution in [2.24, 2.45) is 10.7 Å². The lowest BCUT2D eigenvalue weighted by atomic mass is 9.79. The summed E-state index contributed by atoms with van der Waals surface area (Å²) < 4.78 is 0. The topological polar surface area (TPSA) is 124 Å². The molecular formula is C29H20Cl2N6O2. The Morgan fingerprint density at radius 1 is 0.949 bits per heavy atom. The number of allylic oxidation sites excluding steroid dienone is 1. The maximum absolute atomic E-state index is 13.3. The predicted molar refractivity (Wildman–Crippen MR) is 149 cm³/mol. The van der Waals surface area contributed by atoms with E-state index in [-0.39, 0.29) is 45.8 Å². The Bertz CT molecular complexity index is 1610. The number of aliphatic imine (C=N–C) groups is 1. The highest BCUT2D eigenvalue weighted by Crippen LogP contribution is 2.36. The minimum Gasteiger partial charge on any atom is -0.397 e. The number of ketones is 2. The molecule has 0 bridgehead atoms. The van der Waals surface area contributed by atoms with Crippen LogP contribution in [0.5, 0.6) is 0 Å². The van der Waals surface area contributed by atoms with Crippen molar-refractivity contribution in [3.63, 3.8) is 0 Å². The number of hydrazine groups is 1. The predicted octanol–water partition coefficient (Wildman–Crippen LogP) is 4.85. The fourth-order valence-corrected chi connectivity index (χ4v) is 5.34. The first-order valence-corrected chi connectivity index (χ1v) is 12.8. The van der Waals surface area contributed by atoms with Crippen molar-refractivity contribution in [2.75, 3.05) is 5.01 Å². The van der Waals surface area contributed by atoms with Gasteiger partial charge in [0.1, 0.15) is 29.3 Å². The smallest absolute Gasteiger partial charge is 0.194 e. The summed E-state index contributed by atoms with van der Waals surface area (Å²) >= 11 is 12.2. The first kappa shape index (κ1) is 24.7. The number of nitrogens with one attached hydrogen (secondary N) is 2. The van der Waals surface area contributed by atoms with E-state index in [0.717, 1.165) is 11.3 Å². The van der Waals surface area contributed by atoms with Crippen LogP contribution in [-0.2, 0) is 0 Å². The summed E-state index contributed by atoms with van der Waals surface area (Å²) in [6.45, 7) is 0. The third kappa shape index (κ3) is 4.22. The molecule has 10 heteroatoms. The van der Waals surface area contributed by atoms with Crippen molar-refractivity contribution in [1.82, 2.24) is 10.7 Å². The minimum atomic E-state index is -1.04. The zero-order valence-electron chi connectivity index (χ0n) is 20.3. The maximum Gasteiger partial charge on any atom is 0.194 e. The number of hydrogen-bond acceptors (Lipinski definition) is 7. The second-order valence-corrected chi connectivity index (χ2v) is 10.1. The zero-order chi connectivity index (χ0) is 27.3. The molecule has 3 aliphatic rings. The van der Waals surface area contributed by atoms with Gasteiger partial charge in [0.25, 0.3) is 0 Å². The Labute approximate surface area is 234 Å². The van der Waals surface area contributed by atoms with Crippen LogP contribution in [0.1, 0.15) is 38.7 Å². The summed E-state index contributed by atoms with van der Waals surface area (Å²) in [6, 6.07) is 22.3. The molecule has 0 saturated carbocycles. The van der Waals surface area contributed by atoms with E-state index < -0.39 is 6.04 Å². The van der Waals surface area contributed by atoms with Crippen LogP contribution >= 0.6 is 23.2 Å². The van der Waals surface area contributed by atoms with Gasteiger partial charge in [-0.2, -0.15) is 5.26 Å². The molecular weight excluding hydrogens is 535 g/mol. The van der Waals surface area contributed by atoms with Gasteiger partial charge in [0.05, 0.1) is 23.0 Å². The van der Waals surface area contributed by atoms with Crippen molar-refractivity contribution in [3.8, 4) is 6.07 Å². The Kier molecular flexibility index (Phi) is 6.10. The molecule has 3 aromatic carbocycles. The molecule has 0 spiro atoms. The van der Waals surface area contributed by atoms with Gasteiger partial charge in [-0.05, 0) is 42.0 Å². The van der Waals surface area contributed by atoms with Gasteiger partial charge in [0.2, 0.25) is 0 Å². The normalized spacial score (nSPS) is 21.4. The lowest BCUT2D eigenvalue weighted by molar-refractivity contribution is 0.0903. The lowest BCUT2D eigenvalue weighted by Crippen LogP contribution is -2.48. The number of hydrogen-bond donors (Lipinski definition) is 3. The quantitative estimate of drug-likeness (QED) is 0.422. The molecule has 2 unspecified atom stereocenters. The number of halogens is 2. The number of anilines is 1. The van der Waals surface area contributed by atoms with Crippen LogP contribution in [-0.4, -0.2) is 23.4 Å². The van der Waals surface area contributed by atoms with Crippen LogP contribution in [0.15, 0.2) is 100 Å². The van der Waals surface area contributed by atoms with Crippen LogP contribution in [0, 0.1) is 11.3 Å². The Balaban J connectivity index is 1.41. The van der Waals surface area contributed by atoms with E-state index in [9.17, 15) is 14.9 Å². The first-order valence-electron chi connectivity index (χ1n) is 12.1. The molecule has 1 aliphatic carbocycles. The molecule has 6 rings (SSSR count). The first-order chi connectivity index (χ1) is 18.9. The van der Waals surface area contributed by atoms with E-state index in [1.807, 2.05) is 41.4 Å². The fraction of sp³-hybridized carbons (Fsp3) is 0.103. The van der Waals surface area contributed by atoms with E-state index in [0.29, 0.717) is 27.9 Å². The van der Waals surface area contributed by atoms with Gasteiger partial charge in [0.15, 0.2) is 11.6 Å². The molecule has 1 saturated heterocycles. The summed E-state index contributed by atoms with van der Waals surface area (Å²) in [4.78, 5) is 31.3. The van der Waals surface area contributed by atoms with Gasteiger partial charge in [0, 0.05) is 27.6 Å². The number of amidine groups is 1. The summed E-state index contributed by atoms with van der Waals surface area (Å²) in [5.74, 6) is -0.0274. The van der Waals surface area contributed by atoms with Gasteiger partial charge in [-0.3, -0.25) is 20.0 Å². The number of benzene rings is 3. The van der Waals surface area contributed by atoms with E-state index in [2.05, 4.69) is 16.8 Å². The van der Waals surface area contributed by atoms with Crippen LogP contribution < -0.4 is 21.5 Å². The van der Waals surface area contributed by atoms with E-state index in [1.54, 1.807) is 36.4 Å². The number of rotatable bonds is 3. The minimum absolute atomic E-state index is 0.00377. The number of carbonyl (C=O) groups is 2. The van der Waals surface area contributed by atoms with E-state index in [4.69, 9.17) is 33.9 Å². The third-order valence-electron chi connectivity index (χ3n) is 6.98. The number of fused-ring (bicyclic) bond motifs is 2. The monoisotopic (exact) mass is 554 g/mol. The number of carbonyl (C=O) groups excluding carboxylic acids is 2. The Hall–Kier alpha value is -4.58. The van der Waals surface area contributed by atoms with Crippen LogP contribution in [0.3, 0.4) is 0 Å². The molecule has 0 aromatic heterocycles. The lowest BCUT2D eigenvalue weighted by Gasteiger charge is -2.31. The molecule has 2 heterocycles. The zero-order valence-corrected chi connectivity index (χ0v) is 21.8. The summed E-state index contributed by atoms with van der Waals surface area (Å²) in [7, 11) is 0. The molecule has 192 valence electrons. The summed E-state index contributed by atoms with van der Waals surface area (Å²) in [6.07, 6.45) is 0.449. The summed E-state index contributed by atoms with van der Waals surface area (Å²) in [5.41, 5.74) is 12.1. The van der Waals surface area contributed by atoms with E-state index in [1.165, 1.54) is 0 Å². The highest BCUT2D eigenvalue weighted by atomic mass is 35.5. The average molecular weight is 555 g/mol.